The Bertz CT molecular complexity index is 428. The average Bonchev–Trinajstić information content (AvgIpc) is 2.85. The third-order valence-corrected chi connectivity index (χ3v) is 3.38. The molecule has 0 aliphatic carbocycles. The normalized spacial score (nSPS) is 18.9. The van der Waals surface area contributed by atoms with Crippen LogP contribution >= 0.6 is 0 Å². The van der Waals surface area contributed by atoms with Crippen LogP contribution in [0.15, 0.2) is 18.2 Å². The maximum Gasteiger partial charge on any atom is 0.237 e. The zero-order valence-corrected chi connectivity index (χ0v) is 10.6. The van der Waals surface area contributed by atoms with Crippen LogP contribution in [0.25, 0.3) is 0 Å². The molecular formula is C14H19FN2O. The van der Waals surface area contributed by atoms with E-state index < -0.39 is 0 Å². The van der Waals surface area contributed by atoms with E-state index in [1.54, 1.807) is 6.07 Å². The molecule has 0 aromatic heterocycles. The van der Waals surface area contributed by atoms with Crippen LogP contribution in [0.3, 0.4) is 0 Å². The van der Waals surface area contributed by atoms with Crippen LogP contribution < -0.4 is 10.6 Å². The van der Waals surface area contributed by atoms with Gasteiger partial charge in [0.05, 0.1) is 6.04 Å². The Balaban J connectivity index is 1.79. The van der Waals surface area contributed by atoms with Crippen molar-refractivity contribution in [1.82, 2.24) is 10.6 Å². The van der Waals surface area contributed by atoms with Gasteiger partial charge in [0.25, 0.3) is 0 Å². The fraction of sp³-hybridized carbons (Fsp3) is 0.500. The van der Waals surface area contributed by atoms with Crippen molar-refractivity contribution in [3.63, 3.8) is 0 Å². The van der Waals surface area contributed by atoms with Gasteiger partial charge in [-0.3, -0.25) is 4.79 Å². The van der Waals surface area contributed by atoms with Crippen molar-refractivity contribution in [3.05, 3.63) is 35.1 Å². The van der Waals surface area contributed by atoms with E-state index in [9.17, 15) is 9.18 Å². The minimum absolute atomic E-state index is 0.0284. The first-order chi connectivity index (χ1) is 8.66. The van der Waals surface area contributed by atoms with Gasteiger partial charge >= 0.3 is 0 Å². The highest BCUT2D eigenvalue weighted by Gasteiger charge is 2.21. The van der Waals surface area contributed by atoms with Gasteiger partial charge in [-0.15, -0.1) is 0 Å². The molecule has 3 nitrogen and oxygen atoms in total. The van der Waals surface area contributed by atoms with Gasteiger partial charge in [-0.2, -0.15) is 0 Å². The van der Waals surface area contributed by atoms with Crippen molar-refractivity contribution in [2.75, 3.05) is 13.1 Å². The molecule has 2 N–H and O–H groups in total. The number of hydrogen-bond donors (Lipinski definition) is 2. The summed E-state index contributed by atoms with van der Waals surface area (Å²) < 4.78 is 12.9. The molecule has 1 aliphatic rings. The Kier molecular flexibility index (Phi) is 4.31. The fourth-order valence-electron chi connectivity index (χ4n) is 2.29. The minimum atomic E-state index is -0.213. The molecule has 1 heterocycles. The first-order valence-electron chi connectivity index (χ1n) is 6.43. The van der Waals surface area contributed by atoms with Crippen LogP contribution in [0.4, 0.5) is 4.39 Å². The van der Waals surface area contributed by atoms with Crippen LogP contribution in [0.5, 0.6) is 0 Å². The lowest BCUT2D eigenvalue weighted by Crippen LogP contribution is -2.41. The summed E-state index contributed by atoms with van der Waals surface area (Å²) >= 11 is 0. The van der Waals surface area contributed by atoms with Gasteiger partial charge in [0, 0.05) is 6.54 Å². The highest BCUT2D eigenvalue weighted by atomic mass is 19.1. The van der Waals surface area contributed by atoms with Gasteiger partial charge in [0.2, 0.25) is 5.91 Å². The molecule has 0 radical (unpaired) electrons. The predicted octanol–water partition coefficient (Wildman–Crippen LogP) is 1.54. The van der Waals surface area contributed by atoms with Crippen LogP contribution in [0.1, 0.15) is 24.0 Å². The first kappa shape index (κ1) is 13.0. The molecular weight excluding hydrogens is 231 g/mol. The van der Waals surface area contributed by atoms with E-state index in [-0.39, 0.29) is 17.8 Å². The molecule has 1 amide bonds. The van der Waals surface area contributed by atoms with Gasteiger partial charge in [0.1, 0.15) is 5.82 Å². The molecule has 1 aromatic carbocycles. The molecule has 98 valence electrons. The second-order valence-corrected chi connectivity index (χ2v) is 4.76. The molecule has 1 saturated heterocycles. The van der Waals surface area contributed by atoms with Crippen molar-refractivity contribution < 1.29 is 9.18 Å². The number of benzene rings is 1. The van der Waals surface area contributed by atoms with E-state index in [0.717, 1.165) is 36.9 Å². The monoisotopic (exact) mass is 250 g/mol. The SMILES string of the molecule is Cc1cc(F)ccc1CCNC(=O)[C@@H]1CCCN1. The minimum Gasteiger partial charge on any atom is -0.354 e. The Morgan fingerprint density at radius 2 is 2.39 bits per heavy atom. The van der Waals surface area contributed by atoms with Gasteiger partial charge in [-0.05, 0) is 56.0 Å². The Morgan fingerprint density at radius 1 is 1.56 bits per heavy atom. The topological polar surface area (TPSA) is 41.1 Å². The Labute approximate surface area is 107 Å². The molecule has 2 rings (SSSR count). The number of hydrogen-bond acceptors (Lipinski definition) is 2. The Hall–Kier alpha value is -1.42. The van der Waals surface area contributed by atoms with E-state index in [1.807, 2.05) is 6.92 Å². The zero-order valence-electron chi connectivity index (χ0n) is 10.6. The first-order valence-corrected chi connectivity index (χ1v) is 6.43. The summed E-state index contributed by atoms with van der Waals surface area (Å²) in [6, 6.07) is 4.74. The zero-order chi connectivity index (χ0) is 13.0. The molecule has 1 atom stereocenters. The highest BCUT2D eigenvalue weighted by Crippen LogP contribution is 2.10. The number of nitrogens with one attached hydrogen (secondary N) is 2. The maximum absolute atomic E-state index is 12.9. The molecule has 1 fully saturated rings. The van der Waals surface area contributed by atoms with Crippen LogP contribution in [0, 0.1) is 12.7 Å². The highest BCUT2D eigenvalue weighted by molar-refractivity contribution is 5.81. The van der Waals surface area contributed by atoms with E-state index in [1.165, 1.54) is 12.1 Å². The number of aryl methyl sites for hydroxylation is 1. The molecule has 0 unspecified atom stereocenters. The lowest BCUT2D eigenvalue weighted by molar-refractivity contribution is -0.122. The van der Waals surface area contributed by atoms with E-state index in [4.69, 9.17) is 0 Å². The molecule has 0 bridgehead atoms. The summed E-state index contributed by atoms with van der Waals surface area (Å²) in [5.41, 5.74) is 2.01. The average molecular weight is 250 g/mol. The van der Waals surface area contributed by atoms with Gasteiger partial charge in [-0.25, -0.2) is 4.39 Å². The number of rotatable bonds is 4. The number of amides is 1. The maximum atomic E-state index is 12.9. The van der Waals surface area contributed by atoms with E-state index in [0.29, 0.717) is 6.54 Å². The largest absolute Gasteiger partial charge is 0.354 e. The quantitative estimate of drug-likeness (QED) is 0.851. The Morgan fingerprint density at radius 3 is 3.06 bits per heavy atom. The van der Waals surface area contributed by atoms with Crippen molar-refractivity contribution in [1.29, 1.82) is 0 Å². The third-order valence-electron chi connectivity index (χ3n) is 3.38. The standard InChI is InChI=1S/C14H19FN2O/c1-10-9-12(15)5-4-11(10)6-8-17-14(18)13-3-2-7-16-13/h4-5,9,13,16H,2-3,6-8H2,1H3,(H,17,18)/t13-/m0/s1. The lowest BCUT2D eigenvalue weighted by Gasteiger charge is -2.11. The molecule has 18 heavy (non-hydrogen) atoms. The molecule has 0 spiro atoms. The summed E-state index contributed by atoms with van der Waals surface area (Å²) in [4.78, 5) is 11.7. The smallest absolute Gasteiger partial charge is 0.237 e. The van der Waals surface area contributed by atoms with Crippen molar-refractivity contribution >= 4 is 5.91 Å². The fourth-order valence-corrected chi connectivity index (χ4v) is 2.29. The van der Waals surface area contributed by atoms with Crippen molar-refractivity contribution in [2.24, 2.45) is 0 Å². The number of carbonyl (C=O) groups is 1. The molecule has 1 aromatic rings. The van der Waals surface area contributed by atoms with Crippen molar-refractivity contribution in [2.45, 2.75) is 32.2 Å². The molecule has 0 saturated carbocycles. The summed E-state index contributed by atoms with van der Waals surface area (Å²) in [6.45, 7) is 3.41. The predicted molar refractivity (Wildman–Crippen MR) is 68.9 cm³/mol. The van der Waals surface area contributed by atoms with Crippen LogP contribution in [-0.2, 0) is 11.2 Å². The second-order valence-electron chi connectivity index (χ2n) is 4.76. The number of carbonyl (C=O) groups excluding carboxylic acids is 1. The molecule has 1 aliphatic heterocycles. The summed E-state index contributed by atoms with van der Waals surface area (Å²) in [5, 5.41) is 6.08. The number of halogens is 1. The van der Waals surface area contributed by atoms with E-state index >= 15 is 0 Å². The molecule has 4 heteroatoms. The van der Waals surface area contributed by atoms with E-state index in [2.05, 4.69) is 10.6 Å². The summed E-state index contributed by atoms with van der Waals surface area (Å²) in [5.74, 6) is -0.136. The van der Waals surface area contributed by atoms with Gasteiger partial charge in [-0.1, -0.05) is 6.07 Å². The van der Waals surface area contributed by atoms with Crippen LogP contribution in [-0.4, -0.2) is 25.0 Å². The van der Waals surface area contributed by atoms with Gasteiger partial charge < -0.3 is 10.6 Å². The van der Waals surface area contributed by atoms with Crippen LogP contribution in [0.2, 0.25) is 0 Å². The van der Waals surface area contributed by atoms with Gasteiger partial charge in [0.15, 0.2) is 0 Å². The lowest BCUT2D eigenvalue weighted by atomic mass is 10.1. The summed E-state index contributed by atoms with van der Waals surface area (Å²) in [6.07, 6.45) is 2.72. The second kappa shape index (κ2) is 5.96. The summed E-state index contributed by atoms with van der Waals surface area (Å²) in [7, 11) is 0. The third kappa shape index (κ3) is 3.29. The van der Waals surface area contributed by atoms with Crippen molar-refractivity contribution in [3.8, 4) is 0 Å².